The largest absolute Gasteiger partial charge is 0.465 e. The Morgan fingerprint density at radius 2 is 1.11 bits per heavy atom. The first-order valence-corrected chi connectivity index (χ1v) is 16.2. The SMILES string of the molecule is CCC(c1nn(C)c(/N=N/c2c(C)nn(-c3ccccn3)c2N)c1C(=O)OC)c1nn(C)c(/N=N/c2c(C)nn(-c3ccccn3)c2N)c1C(=O)OC. The van der Waals surface area contributed by atoms with E-state index in [1.807, 2.05) is 6.92 Å². The van der Waals surface area contributed by atoms with Gasteiger partial charge >= 0.3 is 11.9 Å². The van der Waals surface area contributed by atoms with Gasteiger partial charge in [-0.25, -0.2) is 28.9 Å². The first-order chi connectivity index (χ1) is 25.5. The van der Waals surface area contributed by atoms with Crippen LogP contribution in [0, 0.1) is 13.8 Å². The zero-order valence-corrected chi connectivity index (χ0v) is 30.0. The van der Waals surface area contributed by atoms with E-state index in [-0.39, 0.29) is 57.2 Å². The lowest BCUT2D eigenvalue weighted by Gasteiger charge is -2.13. The van der Waals surface area contributed by atoms with Crippen molar-refractivity contribution in [1.82, 2.24) is 49.1 Å². The average Bonchev–Trinajstić information content (AvgIpc) is 3.86. The normalized spacial score (nSPS) is 11.7. The van der Waals surface area contributed by atoms with E-state index in [4.69, 9.17) is 20.9 Å². The van der Waals surface area contributed by atoms with Crippen molar-refractivity contribution in [3.63, 3.8) is 0 Å². The van der Waals surface area contributed by atoms with Gasteiger partial charge in [-0.05, 0) is 44.5 Å². The molecule has 0 amide bonds. The highest BCUT2D eigenvalue weighted by Crippen LogP contribution is 2.40. The van der Waals surface area contributed by atoms with E-state index < -0.39 is 17.9 Å². The van der Waals surface area contributed by atoms with Gasteiger partial charge in [-0.1, -0.05) is 19.1 Å². The predicted octanol–water partition coefficient (Wildman–Crippen LogP) is 5.04. The highest BCUT2D eigenvalue weighted by atomic mass is 16.5. The maximum Gasteiger partial charge on any atom is 0.343 e. The molecule has 0 saturated carbocycles. The Balaban J connectivity index is 1.43. The highest BCUT2D eigenvalue weighted by molar-refractivity contribution is 5.97. The van der Waals surface area contributed by atoms with E-state index >= 15 is 0 Å². The number of aryl methyl sites for hydroxylation is 4. The van der Waals surface area contributed by atoms with E-state index in [2.05, 4.69) is 50.8 Å². The molecule has 6 aromatic rings. The number of aromatic nitrogens is 10. The van der Waals surface area contributed by atoms with Gasteiger partial charge in [-0.15, -0.1) is 20.5 Å². The van der Waals surface area contributed by atoms with Crippen LogP contribution < -0.4 is 11.5 Å². The summed E-state index contributed by atoms with van der Waals surface area (Å²) in [5.41, 5.74) is 14.8. The van der Waals surface area contributed by atoms with Crippen LogP contribution in [0.1, 0.15) is 62.8 Å². The molecule has 0 bridgehead atoms. The van der Waals surface area contributed by atoms with Crippen molar-refractivity contribution < 1.29 is 19.1 Å². The Morgan fingerprint density at radius 1 is 0.698 bits per heavy atom. The van der Waals surface area contributed by atoms with E-state index in [0.29, 0.717) is 29.4 Å². The number of pyridine rings is 2. The summed E-state index contributed by atoms with van der Waals surface area (Å²) in [5, 5.41) is 35.8. The summed E-state index contributed by atoms with van der Waals surface area (Å²) in [6.07, 6.45) is 3.57. The summed E-state index contributed by atoms with van der Waals surface area (Å²) < 4.78 is 16.0. The van der Waals surface area contributed by atoms with Crippen molar-refractivity contribution in [3.05, 3.63) is 82.7 Å². The Kier molecular flexibility index (Phi) is 9.85. The average molecular weight is 721 g/mol. The Bertz CT molecular complexity index is 2210. The number of carbonyl (C=O) groups excluding carboxylic acids is 2. The maximum absolute atomic E-state index is 13.4. The number of rotatable bonds is 11. The molecular formula is C33H36N16O4. The molecule has 0 radical (unpaired) electrons. The molecule has 0 spiro atoms. The molecule has 4 N–H and O–H groups in total. The van der Waals surface area contributed by atoms with Crippen molar-refractivity contribution in [2.45, 2.75) is 33.1 Å². The van der Waals surface area contributed by atoms with Gasteiger partial charge in [0.1, 0.15) is 11.1 Å². The van der Waals surface area contributed by atoms with Gasteiger partial charge < -0.3 is 20.9 Å². The third kappa shape index (κ3) is 6.48. The Hall–Kier alpha value is -7.12. The summed E-state index contributed by atoms with van der Waals surface area (Å²) in [5.74, 6) is -0.710. The molecular weight excluding hydrogens is 684 g/mol. The number of nitrogens with zero attached hydrogens (tertiary/aromatic N) is 14. The van der Waals surface area contributed by atoms with Crippen molar-refractivity contribution in [3.8, 4) is 11.6 Å². The quantitative estimate of drug-likeness (QED) is 0.132. The van der Waals surface area contributed by atoms with E-state index in [0.717, 1.165) is 0 Å². The third-order valence-corrected chi connectivity index (χ3v) is 8.28. The van der Waals surface area contributed by atoms with Gasteiger partial charge in [-0.2, -0.15) is 29.8 Å². The van der Waals surface area contributed by atoms with Crippen LogP contribution in [-0.4, -0.2) is 75.2 Å². The molecule has 6 aromatic heterocycles. The molecule has 20 nitrogen and oxygen atoms in total. The lowest BCUT2D eigenvalue weighted by Crippen LogP contribution is -2.13. The molecule has 0 fully saturated rings. The van der Waals surface area contributed by atoms with Gasteiger partial charge in [0.15, 0.2) is 46.3 Å². The smallest absolute Gasteiger partial charge is 0.343 e. The zero-order valence-electron chi connectivity index (χ0n) is 30.0. The minimum absolute atomic E-state index is 0.00826. The van der Waals surface area contributed by atoms with Crippen LogP contribution in [0.25, 0.3) is 11.6 Å². The molecule has 0 aliphatic carbocycles. The van der Waals surface area contributed by atoms with Gasteiger partial charge in [-0.3, -0.25) is 0 Å². The second-order valence-electron chi connectivity index (χ2n) is 11.6. The van der Waals surface area contributed by atoms with Crippen LogP contribution in [0.4, 0.5) is 34.6 Å². The standard InChI is InChI=1S/C33H36N16O4/c1-8-19(26-22(32(50)52-6)30(46(4)44-26)40-38-24-17(2)42-48(28(24)34)20-13-9-11-15-36-20)27-23(33(51)53-7)31(47(5)45-27)41-39-25-18(3)43-49(29(25)35)21-14-10-12-16-37-21/h9-16,19H,8,34-35H2,1-7H3/b40-38+,41-39+. The fourth-order valence-corrected chi connectivity index (χ4v) is 5.72. The van der Waals surface area contributed by atoms with Crippen LogP contribution >= 0.6 is 0 Å². The molecule has 53 heavy (non-hydrogen) atoms. The topological polar surface area (TPSA) is 251 Å². The molecule has 0 atom stereocenters. The third-order valence-electron chi connectivity index (χ3n) is 8.28. The van der Waals surface area contributed by atoms with Gasteiger partial charge in [0.05, 0.1) is 37.0 Å². The van der Waals surface area contributed by atoms with E-state index in [1.54, 1.807) is 76.7 Å². The first kappa shape index (κ1) is 35.7. The van der Waals surface area contributed by atoms with E-state index in [9.17, 15) is 9.59 Å². The summed E-state index contributed by atoms with van der Waals surface area (Å²) >= 11 is 0. The van der Waals surface area contributed by atoms with E-state index in [1.165, 1.54) is 32.9 Å². The van der Waals surface area contributed by atoms with Crippen LogP contribution in [0.3, 0.4) is 0 Å². The molecule has 0 aliphatic rings. The number of nitrogens with two attached hydrogens (primary N) is 2. The van der Waals surface area contributed by atoms with Crippen molar-refractivity contribution in [2.75, 3.05) is 25.7 Å². The molecule has 272 valence electrons. The maximum atomic E-state index is 13.4. The number of anilines is 2. The lowest BCUT2D eigenvalue weighted by atomic mass is 9.92. The van der Waals surface area contributed by atoms with Crippen LogP contribution in [0.5, 0.6) is 0 Å². The fourth-order valence-electron chi connectivity index (χ4n) is 5.72. The summed E-state index contributed by atoms with van der Waals surface area (Å²) in [6, 6.07) is 10.7. The minimum atomic E-state index is -0.749. The van der Waals surface area contributed by atoms with Crippen LogP contribution in [-0.2, 0) is 23.6 Å². The van der Waals surface area contributed by atoms with Crippen molar-refractivity contribution in [1.29, 1.82) is 0 Å². The number of methoxy groups -OCH3 is 2. The number of ether oxygens (including phenoxy) is 2. The fraction of sp³-hybridized carbons (Fsp3) is 0.273. The minimum Gasteiger partial charge on any atom is -0.465 e. The molecule has 0 saturated heterocycles. The molecule has 0 aromatic carbocycles. The highest BCUT2D eigenvalue weighted by Gasteiger charge is 2.35. The number of hydrogen-bond acceptors (Lipinski definition) is 16. The number of azo groups is 2. The predicted molar refractivity (Wildman–Crippen MR) is 191 cm³/mol. The molecule has 20 heteroatoms. The van der Waals surface area contributed by atoms with Crippen LogP contribution in [0.15, 0.2) is 69.2 Å². The second kappa shape index (κ2) is 14.6. The number of esters is 2. The Morgan fingerprint density at radius 3 is 1.45 bits per heavy atom. The monoisotopic (exact) mass is 720 g/mol. The van der Waals surface area contributed by atoms with Crippen LogP contribution in [0.2, 0.25) is 0 Å². The van der Waals surface area contributed by atoms with Crippen molar-refractivity contribution in [2.24, 2.45) is 34.6 Å². The second-order valence-corrected chi connectivity index (χ2v) is 11.6. The zero-order chi connectivity index (χ0) is 38.0. The number of hydrogen-bond donors (Lipinski definition) is 2. The number of carbonyl (C=O) groups is 2. The molecule has 0 aliphatic heterocycles. The first-order valence-electron chi connectivity index (χ1n) is 16.2. The lowest BCUT2D eigenvalue weighted by molar-refractivity contribution is 0.0593. The summed E-state index contributed by atoms with van der Waals surface area (Å²) in [7, 11) is 5.68. The molecule has 6 heterocycles. The van der Waals surface area contributed by atoms with Gasteiger partial charge in [0.2, 0.25) is 0 Å². The van der Waals surface area contributed by atoms with Gasteiger partial charge in [0.25, 0.3) is 0 Å². The molecule has 6 rings (SSSR count). The summed E-state index contributed by atoms with van der Waals surface area (Å²) in [6.45, 7) is 5.30. The van der Waals surface area contributed by atoms with Gasteiger partial charge in [0, 0.05) is 32.4 Å². The summed E-state index contributed by atoms with van der Waals surface area (Å²) in [4.78, 5) is 35.4. The van der Waals surface area contributed by atoms with Crippen molar-refractivity contribution >= 4 is 46.6 Å². The number of nitrogen functional groups attached to an aromatic ring is 2. The molecule has 0 unspecified atom stereocenters. The Labute approximate surface area is 302 Å².